The Labute approximate surface area is 80.5 Å². The van der Waals surface area contributed by atoms with Crippen LogP contribution in [-0.2, 0) is 9.53 Å². The number of aliphatic hydroxyl groups excluding tert-OH is 1. The maximum Gasteiger partial charge on any atom is 1.00 e. The fourth-order valence-corrected chi connectivity index (χ4v) is 0.621. The molecule has 1 heterocycles. The zero-order valence-corrected chi connectivity index (χ0v) is 7.92. The second kappa shape index (κ2) is 3.85. The van der Waals surface area contributed by atoms with Gasteiger partial charge in [0.1, 0.15) is 6.26 Å². The maximum atomic E-state index is 10.5. The fourth-order valence-electron chi connectivity index (χ4n) is 0.621. The van der Waals surface area contributed by atoms with Crippen LogP contribution in [0.5, 0.6) is 0 Å². The van der Waals surface area contributed by atoms with Crippen LogP contribution in [0.1, 0.15) is 6.92 Å². The van der Waals surface area contributed by atoms with Crippen molar-refractivity contribution in [2.45, 2.75) is 13.2 Å². The molecule has 0 spiro atoms. The molecule has 1 fully saturated rings. The van der Waals surface area contributed by atoms with Crippen LogP contribution in [0.2, 0.25) is 0 Å². The van der Waals surface area contributed by atoms with E-state index in [9.17, 15) is 4.79 Å². The second-order valence-electron chi connectivity index (χ2n) is 1.73. The Hall–Kier alpha value is -0.190. The van der Waals surface area contributed by atoms with Gasteiger partial charge in [-0.1, -0.05) is 0 Å². The molecule has 10 heavy (non-hydrogen) atoms. The number of aliphatic hydroxyl groups is 1. The van der Waals surface area contributed by atoms with Crippen LogP contribution in [-0.4, -0.2) is 17.3 Å². The van der Waals surface area contributed by atoms with Crippen molar-refractivity contribution in [1.29, 1.82) is 0 Å². The molecular formula is C5H7NNaO3+. The zero-order chi connectivity index (χ0) is 6.85. The largest absolute Gasteiger partial charge is 1.00 e. The number of hydrogen-bond acceptors (Lipinski definition) is 4. The van der Waals surface area contributed by atoms with Gasteiger partial charge in [-0.05, 0) is 6.92 Å². The van der Waals surface area contributed by atoms with Gasteiger partial charge in [0, 0.05) is 0 Å². The monoisotopic (exact) mass is 152 g/mol. The van der Waals surface area contributed by atoms with Gasteiger partial charge in [-0.2, -0.15) is 0 Å². The van der Waals surface area contributed by atoms with E-state index < -0.39 is 5.97 Å². The average molecular weight is 152 g/mol. The van der Waals surface area contributed by atoms with Crippen LogP contribution >= 0.6 is 0 Å². The van der Waals surface area contributed by atoms with E-state index in [0.717, 1.165) is 0 Å². The number of carbonyl (C=O) groups excluding carboxylic acids is 1. The average Bonchev–Trinajstić information content (AvgIpc) is 2.10. The summed E-state index contributed by atoms with van der Waals surface area (Å²) < 4.78 is 4.59. The molecule has 1 saturated heterocycles. The van der Waals surface area contributed by atoms with Crippen molar-refractivity contribution in [3.8, 4) is 0 Å². The smallest absolute Gasteiger partial charge is 0.513 e. The summed E-state index contributed by atoms with van der Waals surface area (Å²) in [6.45, 7) is 1.68. The number of hydrogen-bond donors (Lipinski definition) is 2. The SMILES string of the molecule is CC1N/C(=C/O)C(=O)O1.[Na+]. The van der Waals surface area contributed by atoms with E-state index in [0.29, 0.717) is 6.26 Å². The van der Waals surface area contributed by atoms with Crippen molar-refractivity contribution in [2.24, 2.45) is 0 Å². The molecule has 1 atom stereocenters. The quantitative estimate of drug-likeness (QED) is 0.167. The number of ether oxygens (including phenoxy) is 1. The van der Waals surface area contributed by atoms with Crippen molar-refractivity contribution in [1.82, 2.24) is 5.32 Å². The minimum absolute atomic E-state index is 0. The molecule has 0 aromatic carbocycles. The van der Waals surface area contributed by atoms with Crippen LogP contribution < -0.4 is 34.9 Å². The standard InChI is InChI=1S/C5H7NO3.Na/c1-3-6-4(2-7)5(8)9-3;/h2-3,6-7H,1H3;/q;+1/b4-2+;. The van der Waals surface area contributed by atoms with E-state index in [-0.39, 0.29) is 41.5 Å². The molecule has 1 aliphatic heterocycles. The van der Waals surface area contributed by atoms with Crippen LogP contribution in [0.15, 0.2) is 12.0 Å². The van der Waals surface area contributed by atoms with Crippen LogP contribution in [0.25, 0.3) is 0 Å². The van der Waals surface area contributed by atoms with Gasteiger partial charge in [0.15, 0.2) is 11.9 Å². The van der Waals surface area contributed by atoms with Gasteiger partial charge >= 0.3 is 35.5 Å². The first kappa shape index (κ1) is 9.81. The van der Waals surface area contributed by atoms with Crippen molar-refractivity contribution in [3.63, 3.8) is 0 Å². The van der Waals surface area contributed by atoms with E-state index in [2.05, 4.69) is 10.1 Å². The molecule has 2 N–H and O–H groups in total. The summed E-state index contributed by atoms with van der Waals surface area (Å²) in [5.41, 5.74) is 0.113. The molecule has 0 saturated carbocycles. The maximum absolute atomic E-state index is 10.5. The van der Waals surface area contributed by atoms with Crippen molar-refractivity contribution in [2.75, 3.05) is 0 Å². The fraction of sp³-hybridized carbons (Fsp3) is 0.400. The molecule has 1 aliphatic rings. The molecule has 0 aliphatic carbocycles. The van der Waals surface area contributed by atoms with Gasteiger partial charge < -0.3 is 15.2 Å². The van der Waals surface area contributed by atoms with Gasteiger partial charge in [-0.3, -0.25) is 0 Å². The number of rotatable bonds is 0. The molecule has 1 unspecified atom stereocenters. The summed E-state index contributed by atoms with van der Waals surface area (Å²) in [5, 5.41) is 10.9. The Morgan fingerprint density at radius 1 is 1.80 bits per heavy atom. The summed E-state index contributed by atoms with van der Waals surface area (Å²) >= 11 is 0. The third kappa shape index (κ3) is 1.90. The molecule has 0 aromatic heterocycles. The number of nitrogens with one attached hydrogen (secondary N) is 1. The normalized spacial score (nSPS) is 27.1. The predicted octanol–water partition coefficient (Wildman–Crippen LogP) is -3.12. The van der Waals surface area contributed by atoms with Crippen molar-refractivity contribution >= 4 is 5.97 Å². The second-order valence-corrected chi connectivity index (χ2v) is 1.73. The first-order valence-electron chi connectivity index (χ1n) is 2.56. The molecule has 5 heteroatoms. The number of cyclic esters (lactones) is 1. The predicted molar refractivity (Wildman–Crippen MR) is 29.4 cm³/mol. The van der Waals surface area contributed by atoms with Gasteiger partial charge in [0.05, 0.1) is 0 Å². The van der Waals surface area contributed by atoms with Gasteiger partial charge in [-0.15, -0.1) is 0 Å². The van der Waals surface area contributed by atoms with E-state index in [1.54, 1.807) is 6.92 Å². The summed E-state index contributed by atoms with van der Waals surface area (Å²) in [4.78, 5) is 10.5. The first-order valence-corrected chi connectivity index (χ1v) is 2.56. The Morgan fingerprint density at radius 3 is 2.60 bits per heavy atom. The van der Waals surface area contributed by atoms with Gasteiger partial charge in [-0.25, -0.2) is 4.79 Å². The van der Waals surface area contributed by atoms with E-state index in [1.165, 1.54) is 0 Å². The zero-order valence-electron chi connectivity index (χ0n) is 5.92. The molecule has 0 aromatic rings. The molecule has 0 amide bonds. The van der Waals surface area contributed by atoms with Gasteiger partial charge in [0.25, 0.3) is 0 Å². The van der Waals surface area contributed by atoms with Crippen molar-refractivity contribution < 1.29 is 44.2 Å². The minimum atomic E-state index is -0.509. The molecule has 0 bridgehead atoms. The topological polar surface area (TPSA) is 58.6 Å². The molecular weight excluding hydrogens is 145 g/mol. The molecule has 0 radical (unpaired) electrons. The number of esters is 1. The van der Waals surface area contributed by atoms with E-state index in [4.69, 9.17) is 5.11 Å². The molecule has 1 rings (SSSR count). The Kier molecular flexibility index (Phi) is 3.78. The van der Waals surface area contributed by atoms with Crippen molar-refractivity contribution in [3.05, 3.63) is 12.0 Å². The molecule has 4 nitrogen and oxygen atoms in total. The van der Waals surface area contributed by atoms with Gasteiger partial charge in [0.2, 0.25) is 0 Å². The first-order chi connectivity index (χ1) is 4.24. The van der Waals surface area contributed by atoms with Crippen LogP contribution in [0.3, 0.4) is 0 Å². The Bertz CT molecular complexity index is 168. The van der Waals surface area contributed by atoms with E-state index in [1.807, 2.05) is 0 Å². The molecule has 50 valence electrons. The van der Waals surface area contributed by atoms with Crippen LogP contribution in [0.4, 0.5) is 0 Å². The summed E-state index contributed by atoms with van der Waals surface area (Å²) in [5.74, 6) is -0.509. The summed E-state index contributed by atoms with van der Waals surface area (Å²) in [6, 6.07) is 0. The van der Waals surface area contributed by atoms with Crippen LogP contribution in [0, 0.1) is 0 Å². The summed E-state index contributed by atoms with van der Waals surface area (Å²) in [6.07, 6.45) is 0.377. The third-order valence-electron chi connectivity index (χ3n) is 0.992. The Balaban J connectivity index is 0.000000810. The Morgan fingerprint density at radius 2 is 2.40 bits per heavy atom. The van der Waals surface area contributed by atoms with E-state index >= 15 is 0 Å². The number of carbonyl (C=O) groups is 1. The summed E-state index contributed by atoms with van der Waals surface area (Å²) in [7, 11) is 0. The minimum Gasteiger partial charge on any atom is -0.513 e. The third-order valence-corrected chi connectivity index (χ3v) is 0.992.